The van der Waals surface area contributed by atoms with Gasteiger partial charge in [-0.05, 0) is 49.7 Å². The van der Waals surface area contributed by atoms with Gasteiger partial charge in [-0.15, -0.1) is 0 Å². The molecule has 0 amide bonds. The largest absolute Gasteiger partial charge is 0.478 e. The number of allylic oxidation sites excluding steroid dienone is 1. The number of hydrogen-bond donors (Lipinski definition) is 1. The van der Waals surface area contributed by atoms with Crippen molar-refractivity contribution < 1.29 is 23.8 Å². The van der Waals surface area contributed by atoms with Gasteiger partial charge in [-0.3, -0.25) is 9.36 Å². The van der Waals surface area contributed by atoms with Gasteiger partial charge >= 0.3 is 11.9 Å². The number of carbonyl (C=O) groups excluding carboxylic acids is 1. The lowest BCUT2D eigenvalue weighted by molar-refractivity contribution is -0.139. The maximum atomic E-state index is 13.7. The Bertz CT molecular complexity index is 1780. The van der Waals surface area contributed by atoms with Gasteiger partial charge in [-0.2, -0.15) is 0 Å². The number of ether oxygens (including phenoxy) is 1. The average molecular weight is 549 g/mol. The van der Waals surface area contributed by atoms with E-state index in [2.05, 4.69) is 4.99 Å². The van der Waals surface area contributed by atoms with E-state index in [-0.39, 0.29) is 23.3 Å². The minimum Gasteiger partial charge on any atom is -0.478 e. The Hall–Kier alpha value is -4.21. The van der Waals surface area contributed by atoms with E-state index in [4.69, 9.17) is 25.9 Å². The molecule has 0 fully saturated rings. The molecule has 0 saturated carbocycles. The summed E-state index contributed by atoms with van der Waals surface area (Å²) in [6.45, 7) is 3.60. The van der Waals surface area contributed by atoms with Crippen molar-refractivity contribution in [2.45, 2.75) is 19.9 Å². The number of aromatic carboxylic acids is 1. The van der Waals surface area contributed by atoms with Gasteiger partial charge in [-0.1, -0.05) is 53.3 Å². The number of nitrogens with zero attached hydrogens (tertiary/aromatic N) is 2. The zero-order valence-electron chi connectivity index (χ0n) is 20.3. The Kier molecular flexibility index (Phi) is 6.88. The minimum absolute atomic E-state index is 0.173. The third-order valence-corrected chi connectivity index (χ3v) is 7.36. The molecule has 0 unspecified atom stereocenters. The second kappa shape index (κ2) is 10.3. The molecule has 1 N–H and O–H groups in total. The van der Waals surface area contributed by atoms with Crippen LogP contribution >= 0.6 is 22.9 Å². The van der Waals surface area contributed by atoms with Crippen LogP contribution in [0.3, 0.4) is 0 Å². The van der Waals surface area contributed by atoms with Crippen LogP contribution in [0.2, 0.25) is 5.02 Å². The summed E-state index contributed by atoms with van der Waals surface area (Å²) in [5, 5.41) is 9.51. The molecule has 38 heavy (non-hydrogen) atoms. The number of carboxylic acid groups (broad SMARTS) is 1. The van der Waals surface area contributed by atoms with E-state index < -0.39 is 18.0 Å². The van der Waals surface area contributed by atoms with Crippen molar-refractivity contribution in [2.75, 3.05) is 6.61 Å². The smallest absolute Gasteiger partial charge is 0.338 e. The number of carbonyl (C=O) groups is 2. The highest BCUT2D eigenvalue weighted by Gasteiger charge is 2.34. The van der Waals surface area contributed by atoms with E-state index in [1.54, 1.807) is 68.5 Å². The molecule has 0 radical (unpaired) electrons. The van der Waals surface area contributed by atoms with Gasteiger partial charge in [0, 0.05) is 16.7 Å². The number of aromatic nitrogens is 1. The van der Waals surface area contributed by atoms with Crippen LogP contribution in [0.15, 0.2) is 86.1 Å². The third kappa shape index (κ3) is 4.62. The van der Waals surface area contributed by atoms with E-state index in [1.807, 2.05) is 0 Å². The highest BCUT2D eigenvalue weighted by molar-refractivity contribution is 7.07. The van der Waals surface area contributed by atoms with E-state index in [9.17, 15) is 14.4 Å². The predicted octanol–water partition coefficient (Wildman–Crippen LogP) is 4.41. The zero-order valence-corrected chi connectivity index (χ0v) is 21.9. The fourth-order valence-corrected chi connectivity index (χ4v) is 5.54. The molecule has 10 heteroatoms. The number of furan rings is 1. The van der Waals surface area contributed by atoms with Crippen LogP contribution in [-0.4, -0.2) is 28.2 Å². The summed E-state index contributed by atoms with van der Waals surface area (Å²) in [6.07, 6.45) is 1.62. The summed E-state index contributed by atoms with van der Waals surface area (Å²) in [5.74, 6) is -0.611. The molecule has 1 aliphatic rings. The quantitative estimate of drug-likeness (QED) is 0.357. The molecule has 0 bridgehead atoms. The lowest BCUT2D eigenvalue weighted by Gasteiger charge is -2.25. The average Bonchev–Trinajstić information content (AvgIpc) is 3.48. The van der Waals surface area contributed by atoms with Crippen molar-refractivity contribution in [3.63, 3.8) is 0 Å². The fourth-order valence-electron chi connectivity index (χ4n) is 4.27. The van der Waals surface area contributed by atoms with Gasteiger partial charge in [-0.25, -0.2) is 14.6 Å². The highest BCUT2D eigenvalue weighted by Crippen LogP contribution is 2.34. The molecule has 1 aliphatic heterocycles. The molecule has 0 saturated heterocycles. The van der Waals surface area contributed by atoms with Gasteiger partial charge in [0.1, 0.15) is 17.6 Å². The fraction of sp³-hybridized carbons (Fsp3) is 0.143. The lowest BCUT2D eigenvalue weighted by atomic mass is 9.96. The van der Waals surface area contributed by atoms with Crippen molar-refractivity contribution >= 4 is 41.0 Å². The summed E-state index contributed by atoms with van der Waals surface area (Å²) >= 11 is 7.70. The molecule has 0 spiro atoms. The van der Waals surface area contributed by atoms with Gasteiger partial charge in [0.25, 0.3) is 5.56 Å². The van der Waals surface area contributed by atoms with Gasteiger partial charge in [0.05, 0.1) is 28.0 Å². The zero-order chi connectivity index (χ0) is 27.0. The van der Waals surface area contributed by atoms with Crippen molar-refractivity contribution in [3.05, 3.63) is 114 Å². The Morgan fingerprint density at radius 3 is 2.58 bits per heavy atom. The standard InChI is InChI=1S/C28H21ClN2O6S/c1-3-36-27(35)23-15(2)30-28-31(24(23)19-6-4-5-7-20(19)29)25(32)22(38-28)14-18-12-13-21(37-18)16-8-10-17(11-9-16)26(33)34/h4-14,24H,3H2,1-2H3,(H,33,34)/t24-/m0/s1. The topological polar surface area (TPSA) is 111 Å². The van der Waals surface area contributed by atoms with Gasteiger partial charge < -0.3 is 14.3 Å². The summed E-state index contributed by atoms with van der Waals surface area (Å²) in [6, 6.07) is 16.0. The molecule has 5 rings (SSSR count). The number of benzene rings is 2. The molecule has 0 aliphatic carbocycles. The summed E-state index contributed by atoms with van der Waals surface area (Å²) in [7, 11) is 0. The molecule has 192 valence electrons. The summed E-state index contributed by atoms with van der Waals surface area (Å²) in [5.41, 5.74) is 1.81. The number of halogens is 1. The molecular weight excluding hydrogens is 528 g/mol. The summed E-state index contributed by atoms with van der Waals surface area (Å²) in [4.78, 5) is 42.7. The van der Waals surface area contributed by atoms with E-state index in [1.165, 1.54) is 28.0 Å². The molecule has 2 aromatic carbocycles. The van der Waals surface area contributed by atoms with Crippen molar-refractivity contribution in [1.82, 2.24) is 4.57 Å². The van der Waals surface area contributed by atoms with Crippen LogP contribution in [0.25, 0.3) is 17.4 Å². The van der Waals surface area contributed by atoms with Crippen molar-refractivity contribution in [2.24, 2.45) is 4.99 Å². The first-order valence-electron chi connectivity index (χ1n) is 11.7. The predicted molar refractivity (Wildman–Crippen MR) is 143 cm³/mol. The van der Waals surface area contributed by atoms with E-state index in [0.29, 0.717) is 42.7 Å². The molecule has 3 heterocycles. The minimum atomic E-state index is -1.01. The third-order valence-electron chi connectivity index (χ3n) is 6.03. The van der Waals surface area contributed by atoms with Crippen LogP contribution in [0, 0.1) is 0 Å². The first-order chi connectivity index (χ1) is 18.3. The number of fused-ring (bicyclic) bond motifs is 1. The Balaban J connectivity index is 1.61. The van der Waals surface area contributed by atoms with E-state index >= 15 is 0 Å². The Morgan fingerprint density at radius 2 is 1.89 bits per heavy atom. The lowest BCUT2D eigenvalue weighted by Crippen LogP contribution is -2.40. The first-order valence-corrected chi connectivity index (χ1v) is 12.9. The first kappa shape index (κ1) is 25.4. The number of hydrogen-bond acceptors (Lipinski definition) is 7. The van der Waals surface area contributed by atoms with Crippen LogP contribution < -0.4 is 14.9 Å². The van der Waals surface area contributed by atoms with Crippen molar-refractivity contribution in [1.29, 1.82) is 0 Å². The number of rotatable bonds is 6. The summed E-state index contributed by atoms with van der Waals surface area (Å²) < 4.78 is 13.0. The van der Waals surface area contributed by atoms with Crippen LogP contribution in [0.4, 0.5) is 0 Å². The number of esters is 1. The maximum Gasteiger partial charge on any atom is 0.338 e. The monoisotopic (exact) mass is 548 g/mol. The van der Waals surface area contributed by atoms with Crippen LogP contribution in [-0.2, 0) is 9.53 Å². The van der Waals surface area contributed by atoms with Gasteiger partial charge in [0.2, 0.25) is 0 Å². The van der Waals surface area contributed by atoms with Crippen LogP contribution in [0.5, 0.6) is 0 Å². The van der Waals surface area contributed by atoms with Gasteiger partial charge in [0.15, 0.2) is 4.80 Å². The molecule has 8 nitrogen and oxygen atoms in total. The Labute approximate surface area is 225 Å². The molecular formula is C28H21ClN2O6S. The number of thiazole rings is 1. The number of carboxylic acids is 1. The normalized spacial score (nSPS) is 15.2. The van der Waals surface area contributed by atoms with Crippen LogP contribution in [0.1, 0.15) is 41.6 Å². The van der Waals surface area contributed by atoms with Crippen molar-refractivity contribution in [3.8, 4) is 11.3 Å². The highest BCUT2D eigenvalue weighted by atomic mass is 35.5. The maximum absolute atomic E-state index is 13.7. The second-order valence-electron chi connectivity index (χ2n) is 8.41. The second-order valence-corrected chi connectivity index (χ2v) is 9.82. The van der Waals surface area contributed by atoms with E-state index in [0.717, 1.165) is 0 Å². The molecule has 1 atom stereocenters. The molecule has 2 aromatic heterocycles. The molecule has 4 aromatic rings. The SMILES string of the molecule is CCOC(=O)C1=C(C)N=c2sc(=Cc3ccc(-c4ccc(C(=O)O)cc4)o3)c(=O)n2[C@H]1c1ccccc1Cl. The Morgan fingerprint density at radius 1 is 1.16 bits per heavy atom.